The van der Waals surface area contributed by atoms with E-state index >= 15 is 0 Å². The lowest BCUT2D eigenvalue weighted by Crippen LogP contribution is -2.22. The lowest BCUT2D eigenvalue weighted by atomic mass is 10.1. The van der Waals surface area contributed by atoms with Crippen molar-refractivity contribution in [1.82, 2.24) is 4.90 Å². The zero-order chi connectivity index (χ0) is 13.4. The van der Waals surface area contributed by atoms with Crippen LogP contribution in [0.25, 0.3) is 0 Å². The third kappa shape index (κ3) is 2.26. The van der Waals surface area contributed by atoms with Gasteiger partial charge in [0.15, 0.2) is 0 Å². The Morgan fingerprint density at radius 1 is 1.37 bits per heavy atom. The van der Waals surface area contributed by atoms with E-state index in [-0.39, 0.29) is 0 Å². The predicted molar refractivity (Wildman–Crippen MR) is 76.8 cm³/mol. The van der Waals surface area contributed by atoms with Crippen molar-refractivity contribution in [2.45, 2.75) is 32.4 Å². The van der Waals surface area contributed by atoms with Crippen molar-refractivity contribution in [2.75, 3.05) is 12.8 Å². The first-order valence-electron chi connectivity index (χ1n) is 6.76. The van der Waals surface area contributed by atoms with Gasteiger partial charge < -0.3 is 10.2 Å². The summed E-state index contributed by atoms with van der Waals surface area (Å²) in [6, 6.07) is 8.86. The molecule has 0 fully saturated rings. The molecule has 2 N–H and O–H groups in total. The van der Waals surface area contributed by atoms with Gasteiger partial charge in [0.2, 0.25) is 0 Å². The molecule has 100 valence electrons. The van der Waals surface area contributed by atoms with Gasteiger partial charge in [-0.25, -0.2) is 0 Å². The monoisotopic (exact) mass is 256 g/mol. The van der Waals surface area contributed by atoms with Crippen LogP contribution in [0.3, 0.4) is 0 Å². The van der Waals surface area contributed by atoms with E-state index in [1.165, 1.54) is 23.1 Å². The quantitative estimate of drug-likeness (QED) is 0.857. The van der Waals surface area contributed by atoms with Crippen LogP contribution in [0.1, 0.15) is 34.9 Å². The molecule has 0 bridgehead atoms. The van der Waals surface area contributed by atoms with E-state index in [2.05, 4.69) is 30.1 Å². The van der Waals surface area contributed by atoms with Gasteiger partial charge >= 0.3 is 0 Å². The van der Waals surface area contributed by atoms with Crippen LogP contribution in [0.4, 0.5) is 5.69 Å². The number of rotatable bonds is 3. The highest BCUT2D eigenvalue weighted by atomic mass is 16.3. The Bertz CT molecular complexity index is 588. The van der Waals surface area contributed by atoms with Gasteiger partial charge in [-0.2, -0.15) is 0 Å². The van der Waals surface area contributed by atoms with E-state index in [1.54, 1.807) is 6.26 Å². The van der Waals surface area contributed by atoms with Crippen LogP contribution in [0, 0.1) is 6.92 Å². The van der Waals surface area contributed by atoms with Gasteiger partial charge in [0, 0.05) is 23.8 Å². The fraction of sp³-hybridized carbons (Fsp3) is 0.375. The van der Waals surface area contributed by atoms with Crippen LogP contribution < -0.4 is 5.73 Å². The minimum absolute atomic E-state index is 0.491. The number of benzene rings is 1. The standard InChI is InChI=1S/C16H20N2O/c1-11-13(7-8-19-11)10-18(2)16-6-3-12-9-14(17)4-5-15(12)16/h4-5,7-9,16H,3,6,10,17H2,1-2H3. The largest absolute Gasteiger partial charge is 0.469 e. The Balaban J connectivity index is 1.80. The van der Waals surface area contributed by atoms with Crippen LogP contribution in [0.2, 0.25) is 0 Å². The highest BCUT2D eigenvalue weighted by molar-refractivity contribution is 5.47. The van der Waals surface area contributed by atoms with Gasteiger partial charge in [0.25, 0.3) is 0 Å². The summed E-state index contributed by atoms with van der Waals surface area (Å²) in [5.74, 6) is 1.02. The molecule has 1 aliphatic rings. The summed E-state index contributed by atoms with van der Waals surface area (Å²) in [5.41, 5.74) is 10.8. The Labute approximate surface area is 114 Å². The molecule has 1 atom stereocenters. The number of fused-ring (bicyclic) bond motifs is 1. The molecule has 0 aliphatic heterocycles. The maximum atomic E-state index is 5.86. The van der Waals surface area contributed by atoms with Crippen molar-refractivity contribution < 1.29 is 4.42 Å². The van der Waals surface area contributed by atoms with Gasteiger partial charge in [0.05, 0.1) is 6.26 Å². The average molecular weight is 256 g/mol. The molecule has 2 aromatic rings. The number of nitrogens with zero attached hydrogens (tertiary/aromatic N) is 1. The van der Waals surface area contributed by atoms with Crippen molar-refractivity contribution in [2.24, 2.45) is 0 Å². The summed E-state index contributed by atoms with van der Waals surface area (Å²) in [6.45, 7) is 2.95. The minimum Gasteiger partial charge on any atom is -0.469 e. The third-order valence-electron chi connectivity index (χ3n) is 4.13. The van der Waals surface area contributed by atoms with Crippen molar-refractivity contribution in [3.8, 4) is 0 Å². The molecule has 3 nitrogen and oxygen atoms in total. The summed E-state index contributed by atoms with van der Waals surface area (Å²) < 4.78 is 5.37. The number of anilines is 1. The van der Waals surface area contributed by atoms with Gasteiger partial charge in [-0.05, 0) is 56.1 Å². The molecule has 3 heteroatoms. The SMILES string of the molecule is Cc1occc1CN(C)C1CCc2cc(N)ccc21. The van der Waals surface area contributed by atoms with Gasteiger partial charge in [0.1, 0.15) is 5.76 Å². The van der Waals surface area contributed by atoms with Gasteiger partial charge in [-0.15, -0.1) is 0 Å². The van der Waals surface area contributed by atoms with Crippen molar-refractivity contribution in [1.29, 1.82) is 0 Å². The second-order valence-corrected chi connectivity index (χ2v) is 5.43. The first kappa shape index (κ1) is 12.3. The second kappa shape index (κ2) is 4.74. The molecule has 3 rings (SSSR count). The number of furan rings is 1. The molecule has 0 spiro atoms. The van der Waals surface area contributed by atoms with Gasteiger partial charge in [-0.1, -0.05) is 6.07 Å². The fourth-order valence-corrected chi connectivity index (χ4v) is 3.03. The first-order chi connectivity index (χ1) is 9.15. The highest BCUT2D eigenvalue weighted by Crippen LogP contribution is 2.36. The Kier molecular flexibility index (Phi) is 3.07. The molecule has 1 aromatic carbocycles. The molecule has 1 heterocycles. The maximum absolute atomic E-state index is 5.86. The normalized spacial score (nSPS) is 17.9. The maximum Gasteiger partial charge on any atom is 0.105 e. The van der Waals surface area contributed by atoms with Crippen LogP contribution in [0.15, 0.2) is 34.9 Å². The average Bonchev–Trinajstić information content (AvgIpc) is 2.96. The van der Waals surface area contributed by atoms with E-state index in [1.807, 2.05) is 13.0 Å². The first-order valence-corrected chi connectivity index (χ1v) is 6.76. The number of hydrogen-bond donors (Lipinski definition) is 1. The zero-order valence-corrected chi connectivity index (χ0v) is 11.5. The van der Waals surface area contributed by atoms with E-state index in [9.17, 15) is 0 Å². The summed E-state index contributed by atoms with van der Waals surface area (Å²) in [5, 5.41) is 0. The summed E-state index contributed by atoms with van der Waals surface area (Å²) in [4.78, 5) is 2.40. The fourth-order valence-electron chi connectivity index (χ4n) is 3.03. The predicted octanol–water partition coefficient (Wildman–Crippen LogP) is 3.29. The molecule has 0 amide bonds. The molecule has 19 heavy (non-hydrogen) atoms. The molecule has 0 saturated heterocycles. The van der Waals surface area contributed by atoms with Crippen LogP contribution in [-0.2, 0) is 13.0 Å². The molecule has 0 saturated carbocycles. The lowest BCUT2D eigenvalue weighted by molar-refractivity contribution is 0.234. The van der Waals surface area contributed by atoms with Crippen LogP contribution in [-0.4, -0.2) is 11.9 Å². The van der Waals surface area contributed by atoms with E-state index < -0.39 is 0 Å². The third-order valence-corrected chi connectivity index (χ3v) is 4.13. The number of hydrogen-bond acceptors (Lipinski definition) is 3. The smallest absolute Gasteiger partial charge is 0.105 e. The van der Waals surface area contributed by atoms with E-state index in [0.29, 0.717) is 6.04 Å². The second-order valence-electron chi connectivity index (χ2n) is 5.43. The summed E-state index contributed by atoms with van der Waals surface area (Å²) in [7, 11) is 2.18. The topological polar surface area (TPSA) is 42.4 Å². The molecule has 0 radical (unpaired) electrons. The Morgan fingerprint density at radius 3 is 2.95 bits per heavy atom. The lowest BCUT2D eigenvalue weighted by Gasteiger charge is -2.25. The van der Waals surface area contributed by atoms with Crippen molar-refractivity contribution >= 4 is 5.69 Å². The van der Waals surface area contributed by atoms with Crippen molar-refractivity contribution in [3.63, 3.8) is 0 Å². The van der Waals surface area contributed by atoms with Gasteiger partial charge in [-0.3, -0.25) is 4.90 Å². The van der Waals surface area contributed by atoms with Crippen LogP contribution >= 0.6 is 0 Å². The number of nitrogens with two attached hydrogens (primary N) is 1. The molecular weight excluding hydrogens is 236 g/mol. The Hall–Kier alpha value is -1.74. The molecular formula is C16H20N2O. The van der Waals surface area contributed by atoms with E-state index in [4.69, 9.17) is 10.2 Å². The highest BCUT2D eigenvalue weighted by Gasteiger charge is 2.26. The summed E-state index contributed by atoms with van der Waals surface area (Å²) in [6.07, 6.45) is 4.06. The Morgan fingerprint density at radius 2 is 2.21 bits per heavy atom. The molecule has 1 aromatic heterocycles. The molecule has 1 unspecified atom stereocenters. The number of aryl methyl sites for hydroxylation is 2. The van der Waals surface area contributed by atoms with Crippen LogP contribution in [0.5, 0.6) is 0 Å². The van der Waals surface area contributed by atoms with E-state index in [0.717, 1.165) is 24.4 Å². The minimum atomic E-state index is 0.491. The molecule has 1 aliphatic carbocycles. The zero-order valence-electron chi connectivity index (χ0n) is 11.5. The van der Waals surface area contributed by atoms with Crippen molar-refractivity contribution in [3.05, 3.63) is 53.0 Å². The number of nitrogen functional groups attached to an aromatic ring is 1. The summed E-state index contributed by atoms with van der Waals surface area (Å²) >= 11 is 0.